The molecular weight excluding hydrogens is 436 g/mol. The standard InChI is InChI=1S/C26H18N2O6/c1-32-25-11-19(15-29)22(13-26(25)33-2)23-12-20(28(30)31)6-8-24(23)34-21-7-5-17-9-16(14-27)3-4-18(17)10-21/h3-13,15H,1-2H3. The molecule has 0 heterocycles. The Morgan fingerprint density at radius 1 is 0.853 bits per heavy atom. The number of non-ortho nitro benzene ring substituents is 1. The van der Waals surface area contributed by atoms with Crippen LogP contribution in [0.1, 0.15) is 15.9 Å². The zero-order valence-corrected chi connectivity index (χ0v) is 18.3. The van der Waals surface area contributed by atoms with Crippen LogP contribution in [0.4, 0.5) is 5.69 Å². The van der Waals surface area contributed by atoms with Crippen LogP contribution in [0, 0.1) is 21.4 Å². The van der Waals surface area contributed by atoms with Crippen LogP contribution in [0.15, 0.2) is 66.7 Å². The Balaban J connectivity index is 1.86. The van der Waals surface area contributed by atoms with Crippen molar-refractivity contribution in [3.05, 3.63) is 88.0 Å². The molecule has 0 atom stereocenters. The van der Waals surface area contributed by atoms with E-state index in [2.05, 4.69) is 6.07 Å². The summed E-state index contributed by atoms with van der Waals surface area (Å²) in [5.41, 5.74) is 1.39. The van der Waals surface area contributed by atoms with Crippen LogP contribution in [-0.2, 0) is 0 Å². The third-order valence-corrected chi connectivity index (χ3v) is 5.32. The minimum absolute atomic E-state index is 0.156. The molecule has 0 aromatic heterocycles. The van der Waals surface area contributed by atoms with Crippen molar-refractivity contribution in [3.8, 4) is 40.2 Å². The summed E-state index contributed by atoms with van der Waals surface area (Å²) in [7, 11) is 2.91. The number of nitrogens with zero attached hydrogens (tertiary/aromatic N) is 2. The Morgan fingerprint density at radius 2 is 1.56 bits per heavy atom. The molecule has 0 saturated heterocycles. The van der Waals surface area contributed by atoms with E-state index in [0.29, 0.717) is 46.0 Å². The molecular formula is C26H18N2O6. The van der Waals surface area contributed by atoms with E-state index in [1.807, 2.05) is 12.1 Å². The van der Waals surface area contributed by atoms with Gasteiger partial charge in [-0.2, -0.15) is 5.26 Å². The van der Waals surface area contributed by atoms with Crippen LogP contribution in [0.2, 0.25) is 0 Å². The first kappa shape index (κ1) is 22.3. The van der Waals surface area contributed by atoms with Gasteiger partial charge in [0.05, 0.1) is 30.8 Å². The highest BCUT2D eigenvalue weighted by atomic mass is 16.6. The Bertz CT molecular complexity index is 1470. The van der Waals surface area contributed by atoms with Crippen molar-refractivity contribution in [1.82, 2.24) is 0 Å². The number of hydrogen-bond donors (Lipinski definition) is 0. The minimum atomic E-state index is -0.516. The Kier molecular flexibility index (Phi) is 6.10. The number of nitriles is 1. The number of carbonyl (C=O) groups is 1. The average Bonchev–Trinajstić information content (AvgIpc) is 2.87. The first-order valence-electron chi connectivity index (χ1n) is 10.1. The molecule has 0 saturated carbocycles. The molecule has 0 amide bonds. The molecule has 8 heteroatoms. The van der Waals surface area contributed by atoms with E-state index in [-0.39, 0.29) is 11.3 Å². The van der Waals surface area contributed by atoms with Gasteiger partial charge in [0.15, 0.2) is 17.8 Å². The van der Waals surface area contributed by atoms with Crippen LogP contribution in [-0.4, -0.2) is 25.4 Å². The van der Waals surface area contributed by atoms with E-state index >= 15 is 0 Å². The van der Waals surface area contributed by atoms with Crippen LogP contribution in [0.3, 0.4) is 0 Å². The van der Waals surface area contributed by atoms with Crippen molar-refractivity contribution < 1.29 is 23.9 Å². The molecule has 4 aromatic rings. The molecule has 0 N–H and O–H groups in total. The summed E-state index contributed by atoms with van der Waals surface area (Å²) >= 11 is 0. The second-order valence-electron chi connectivity index (χ2n) is 7.29. The van der Waals surface area contributed by atoms with Gasteiger partial charge in [-0.25, -0.2) is 0 Å². The first-order chi connectivity index (χ1) is 16.5. The van der Waals surface area contributed by atoms with Crippen LogP contribution < -0.4 is 14.2 Å². The fourth-order valence-electron chi connectivity index (χ4n) is 3.64. The number of methoxy groups -OCH3 is 2. The summed E-state index contributed by atoms with van der Waals surface area (Å²) in [5.74, 6) is 1.52. The van der Waals surface area contributed by atoms with E-state index < -0.39 is 4.92 Å². The maximum absolute atomic E-state index is 11.9. The van der Waals surface area contributed by atoms with E-state index in [1.165, 1.54) is 38.5 Å². The third kappa shape index (κ3) is 4.23. The molecule has 34 heavy (non-hydrogen) atoms. The summed E-state index contributed by atoms with van der Waals surface area (Å²) in [5, 5.41) is 22.3. The van der Waals surface area contributed by atoms with Gasteiger partial charge < -0.3 is 14.2 Å². The zero-order chi connectivity index (χ0) is 24.2. The van der Waals surface area contributed by atoms with Crippen LogP contribution in [0.5, 0.6) is 23.0 Å². The number of aldehydes is 1. The number of benzene rings is 4. The second-order valence-corrected chi connectivity index (χ2v) is 7.29. The summed E-state index contributed by atoms with van der Waals surface area (Å²) < 4.78 is 16.8. The van der Waals surface area contributed by atoms with Gasteiger partial charge in [-0.1, -0.05) is 12.1 Å². The normalized spacial score (nSPS) is 10.4. The molecule has 0 spiro atoms. The molecule has 0 aliphatic rings. The molecule has 0 aliphatic carbocycles. The molecule has 0 bridgehead atoms. The van der Waals surface area contributed by atoms with Crippen molar-refractivity contribution in [1.29, 1.82) is 5.26 Å². The monoisotopic (exact) mass is 454 g/mol. The number of nitro benzene ring substituents is 1. The van der Waals surface area contributed by atoms with Gasteiger partial charge in [0.25, 0.3) is 5.69 Å². The summed E-state index contributed by atoms with van der Waals surface area (Å²) in [4.78, 5) is 22.8. The highest BCUT2D eigenvalue weighted by Gasteiger charge is 2.20. The SMILES string of the molecule is COc1cc(C=O)c(-c2cc([N+](=O)[O-])ccc2Oc2ccc3cc(C#N)ccc3c2)cc1OC. The minimum Gasteiger partial charge on any atom is -0.493 e. The van der Waals surface area contributed by atoms with Crippen LogP contribution in [0.25, 0.3) is 21.9 Å². The van der Waals surface area contributed by atoms with Crippen molar-refractivity contribution in [2.75, 3.05) is 14.2 Å². The largest absolute Gasteiger partial charge is 0.493 e. The predicted octanol–water partition coefficient (Wildman–Crippen LogP) is 5.91. The average molecular weight is 454 g/mol. The van der Waals surface area contributed by atoms with Crippen LogP contribution >= 0.6 is 0 Å². The first-order valence-corrected chi connectivity index (χ1v) is 10.1. The maximum atomic E-state index is 11.9. The zero-order valence-electron chi connectivity index (χ0n) is 18.3. The number of ether oxygens (including phenoxy) is 3. The van der Waals surface area contributed by atoms with Gasteiger partial charge in [0.1, 0.15) is 11.5 Å². The van der Waals surface area contributed by atoms with Crippen molar-refractivity contribution in [2.45, 2.75) is 0 Å². The molecule has 0 fully saturated rings. The van der Waals surface area contributed by atoms with Gasteiger partial charge in [-0.3, -0.25) is 14.9 Å². The summed E-state index contributed by atoms with van der Waals surface area (Å²) in [6.07, 6.45) is 0.642. The highest BCUT2D eigenvalue weighted by Crippen LogP contribution is 2.42. The fourth-order valence-corrected chi connectivity index (χ4v) is 3.64. The van der Waals surface area contributed by atoms with Crippen molar-refractivity contribution in [2.24, 2.45) is 0 Å². The highest BCUT2D eigenvalue weighted by molar-refractivity contribution is 5.92. The van der Waals surface area contributed by atoms with E-state index in [0.717, 1.165) is 10.8 Å². The Labute approximate surface area is 194 Å². The fraction of sp³-hybridized carbons (Fsp3) is 0.0769. The molecule has 4 aromatic carbocycles. The van der Waals surface area contributed by atoms with E-state index in [9.17, 15) is 14.9 Å². The molecule has 168 valence electrons. The summed E-state index contributed by atoms with van der Waals surface area (Å²) in [6.45, 7) is 0. The van der Waals surface area contributed by atoms with Gasteiger partial charge in [0.2, 0.25) is 0 Å². The van der Waals surface area contributed by atoms with E-state index in [1.54, 1.807) is 30.3 Å². The molecule has 0 radical (unpaired) electrons. The lowest BCUT2D eigenvalue weighted by atomic mass is 9.98. The number of nitro groups is 1. The lowest BCUT2D eigenvalue weighted by Gasteiger charge is -2.16. The Morgan fingerprint density at radius 3 is 2.24 bits per heavy atom. The molecule has 0 aliphatic heterocycles. The van der Waals surface area contributed by atoms with Gasteiger partial charge in [0, 0.05) is 28.8 Å². The predicted molar refractivity (Wildman–Crippen MR) is 126 cm³/mol. The number of rotatable bonds is 7. The lowest BCUT2D eigenvalue weighted by molar-refractivity contribution is -0.384. The van der Waals surface area contributed by atoms with Crippen molar-refractivity contribution >= 4 is 22.7 Å². The van der Waals surface area contributed by atoms with Gasteiger partial charge >= 0.3 is 0 Å². The molecule has 0 unspecified atom stereocenters. The van der Waals surface area contributed by atoms with Crippen molar-refractivity contribution in [3.63, 3.8) is 0 Å². The molecule has 8 nitrogen and oxygen atoms in total. The Hall–Kier alpha value is -4.90. The summed E-state index contributed by atoms with van der Waals surface area (Å²) in [6, 6.07) is 20.0. The van der Waals surface area contributed by atoms with E-state index in [4.69, 9.17) is 19.5 Å². The smallest absolute Gasteiger partial charge is 0.270 e. The second kappa shape index (κ2) is 9.30. The number of fused-ring (bicyclic) bond motifs is 1. The molecule has 4 rings (SSSR count). The number of carbonyl (C=O) groups excluding carboxylic acids is 1. The van der Waals surface area contributed by atoms with Gasteiger partial charge in [-0.15, -0.1) is 0 Å². The lowest BCUT2D eigenvalue weighted by Crippen LogP contribution is -1.98. The topological polar surface area (TPSA) is 112 Å². The maximum Gasteiger partial charge on any atom is 0.270 e. The third-order valence-electron chi connectivity index (χ3n) is 5.32. The van der Waals surface area contributed by atoms with Gasteiger partial charge in [-0.05, 0) is 53.2 Å². The quantitative estimate of drug-likeness (QED) is 0.194. The number of hydrogen-bond acceptors (Lipinski definition) is 7.